The van der Waals surface area contributed by atoms with Crippen LogP contribution in [0.4, 0.5) is 0 Å². The van der Waals surface area contributed by atoms with E-state index in [1.54, 1.807) is 12.2 Å². The van der Waals surface area contributed by atoms with Crippen molar-refractivity contribution < 1.29 is 14.9 Å². The number of aliphatic hydroxyl groups is 2. The van der Waals surface area contributed by atoms with Crippen LogP contribution in [0.1, 0.15) is 44.1 Å². The Morgan fingerprint density at radius 2 is 1.97 bits per heavy atom. The summed E-state index contributed by atoms with van der Waals surface area (Å²) in [6, 6.07) is 1.91. The number of nitrogens with zero attached hydrogens (tertiary/aromatic N) is 2. The van der Waals surface area contributed by atoms with E-state index >= 15 is 0 Å². The molecule has 5 heteroatoms. The number of fused-ring (bicyclic) bond motifs is 2. The molecule has 1 heterocycles. The molecule has 164 valence electrons. The fraction of sp³-hybridized carbons (Fsp3) is 0.333. The molecule has 0 fully saturated rings. The van der Waals surface area contributed by atoms with Crippen LogP contribution in [0.25, 0.3) is 11.1 Å². The van der Waals surface area contributed by atoms with Crippen LogP contribution in [-0.4, -0.2) is 32.9 Å². The highest BCUT2D eigenvalue weighted by molar-refractivity contribution is 5.79. The Hall–Kier alpha value is -3.18. The summed E-state index contributed by atoms with van der Waals surface area (Å²) in [5, 5.41) is 21.1. The predicted octanol–water partition coefficient (Wildman–Crippen LogP) is 5.26. The van der Waals surface area contributed by atoms with Crippen molar-refractivity contribution in [2.45, 2.75) is 38.7 Å². The van der Waals surface area contributed by atoms with Gasteiger partial charge in [-0.25, -0.2) is 4.98 Å². The zero-order valence-electron chi connectivity index (χ0n) is 18.2. The van der Waals surface area contributed by atoms with E-state index in [9.17, 15) is 10.2 Å². The van der Waals surface area contributed by atoms with Gasteiger partial charge >= 0.3 is 0 Å². The van der Waals surface area contributed by atoms with E-state index in [1.807, 2.05) is 13.0 Å². The van der Waals surface area contributed by atoms with Crippen molar-refractivity contribution in [3.63, 3.8) is 0 Å². The smallest absolute Gasteiger partial charge is 0.217 e. The number of aliphatic hydroxyl groups excluding tert-OH is 2. The second-order valence-corrected chi connectivity index (χ2v) is 8.54. The number of aromatic nitrogens is 2. The lowest BCUT2D eigenvalue weighted by Crippen LogP contribution is -2.22. The van der Waals surface area contributed by atoms with Gasteiger partial charge in [-0.1, -0.05) is 55.5 Å². The van der Waals surface area contributed by atoms with Crippen molar-refractivity contribution in [3.8, 4) is 5.88 Å². The van der Waals surface area contributed by atoms with Crippen LogP contribution in [-0.2, 0) is 0 Å². The summed E-state index contributed by atoms with van der Waals surface area (Å²) in [5.74, 6) is 1.25. The van der Waals surface area contributed by atoms with E-state index < -0.39 is 6.10 Å². The average molecular weight is 429 g/mol. The lowest BCUT2D eigenvalue weighted by atomic mass is 9.71. The quantitative estimate of drug-likeness (QED) is 0.669. The highest BCUT2D eigenvalue weighted by atomic mass is 16.5. The van der Waals surface area contributed by atoms with E-state index in [0.29, 0.717) is 30.3 Å². The molecule has 1 aromatic heterocycles. The average Bonchev–Trinajstić information content (AvgIpc) is 2.81. The molecule has 1 aromatic rings. The first-order valence-electron chi connectivity index (χ1n) is 11.4. The van der Waals surface area contributed by atoms with Crippen LogP contribution >= 0.6 is 0 Å². The molecule has 5 nitrogen and oxygen atoms in total. The van der Waals surface area contributed by atoms with Gasteiger partial charge in [0.1, 0.15) is 5.76 Å². The predicted molar refractivity (Wildman–Crippen MR) is 126 cm³/mol. The Morgan fingerprint density at radius 1 is 1.09 bits per heavy atom. The van der Waals surface area contributed by atoms with E-state index in [2.05, 4.69) is 47.5 Å². The van der Waals surface area contributed by atoms with Crippen molar-refractivity contribution in [1.82, 2.24) is 9.97 Å². The van der Waals surface area contributed by atoms with Crippen molar-refractivity contribution in [1.29, 1.82) is 0 Å². The van der Waals surface area contributed by atoms with Gasteiger partial charge in [-0.2, -0.15) is 4.98 Å². The molecule has 32 heavy (non-hydrogen) atoms. The molecule has 0 saturated heterocycles. The Bertz CT molecular complexity index is 1130. The normalized spacial score (nSPS) is 26.2. The first kappa shape index (κ1) is 20.7. The first-order chi connectivity index (χ1) is 15.7. The molecule has 3 unspecified atom stereocenters. The molecular formula is C27H28N2O3. The van der Waals surface area contributed by atoms with Crippen molar-refractivity contribution >= 4 is 11.1 Å². The third-order valence-corrected chi connectivity index (χ3v) is 6.33. The maximum atomic E-state index is 10.6. The third kappa shape index (κ3) is 3.78. The van der Waals surface area contributed by atoms with Crippen molar-refractivity contribution in [2.75, 3.05) is 6.61 Å². The molecule has 0 saturated carbocycles. The zero-order valence-corrected chi connectivity index (χ0v) is 18.2. The molecule has 4 aliphatic carbocycles. The topological polar surface area (TPSA) is 75.5 Å². The van der Waals surface area contributed by atoms with Crippen LogP contribution in [0.15, 0.2) is 77.7 Å². The number of rotatable bonds is 5. The van der Waals surface area contributed by atoms with Gasteiger partial charge in [0.05, 0.1) is 24.0 Å². The van der Waals surface area contributed by atoms with Gasteiger partial charge in [0, 0.05) is 17.9 Å². The molecule has 0 radical (unpaired) electrons. The minimum absolute atomic E-state index is 0.00296. The summed E-state index contributed by atoms with van der Waals surface area (Å²) in [5.41, 5.74) is 4.90. The molecule has 0 amide bonds. The summed E-state index contributed by atoms with van der Waals surface area (Å²) in [7, 11) is 0. The molecule has 0 aliphatic heterocycles. The summed E-state index contributed by atoms with van der Waals surface area (Å²) in [6.45, 7) is 2.59. The van der Waals surface area contributed by atoms with Gasteiger partial charge in [0.15, 0.2) is 5.82 Å². The van der Waals surface area contributed by atoms with Gasteiger partial charge in [-0.05, 0) is 48.5 Å². The van der Waals surface area contributed by atoms with Gasteiger partial charge in [0.2, 0.25) is 5.88 Å². The van der Waals surface area contributed by atoms with Crippen LogP contribution in [0.5, 0.6) is 5.88 Å². The van der Waals surface area contributed by atoms with Gasteiger partial charge < -0.3 is 14.9 Å². The minimum Gasteiger partial charge on any atom is -0.507 e. The van der Waals surface area contributed by atoms with Crippen molar-refractivity contribution in [2.24, 2.45) is 11.8 Å². The number of allylic oxidation sites excluding steroid dienone is 11. The van der Waals surface area contributed by atoms with Crippen molar-refractivity contribution in [3.05, 3.63) is 89.2 Å². The summed E-state index contributed by atoms with van der Waals surface area (Å²) in [4.78, 5) is 9.47. The van der Waals surface area contributed by atoms with Crippen LogP contribution < -0.4 is 4.74 Å². The van der Waals surface area contributed by atoms with Gasteiger partial charge in [-0.3, -0.25) is 0 Å². The number of hydrogen-bond acceptors (Lipinski definition) is 5. The van der Waals surface area contributed by atoms with Crippen LogP contribution in [0, 0.1) is 11.8 Å². The summed E-state index contributed by atoms with van der Waals surface area (Å²) >= 11 is 0. The highest BCUT2D eigenvalue weighted by Crippen LogP contribution is 2.46. The monoisotopic (exact) mass is 428 g/mol. The molecule has 3 atom stereocenters. The standard InChI is InChI=1S/C27H28N2O3/c1-2-14-32-24-16-21(28-27(29-24)26-22(30)12-7-13-23(26)31)25-19-10-5-3-8-17(19)15-18-9-4-6-11-20(18)25/h3-5,7-10,12,15-17,19,23,30-31H,2,6,11,13-14H2,1H3. The first-order valence-corrected chi connectivity index (χ1v) is 11.4. The molecule has 2 N–H and O–H groups in total. The van der Waals surface area contributed by atoms with E-state index in [1.165, 1.54) is 16.7 Å². The summed E-state index contributed by atoms with van der Waals surface area (Å²) in [6.07, 6.45) is 21.2. The zero-order chi connectivity index (χ0) is 22.1. The maximum absolute atomic E-state index is 10.6. The SMILES string of the molecule is CCCOc1cc(C2=C3CCC=CC3=CC3C=CC=CC23)nc(C2=C(O)C=CCC2O)n1. The Kier molecular flexibility index (Phi) is 5.66. The van der Waals surface area contributed by atoms with Crippen LogP contribution in [0.3, 0.4) is 0 Å². The minimum atomic E-state index is -0.850. The second kappa shape index (κ2) is 8.75. The molecule has 4 aliphatic rings. The Labute approximate surface area is 188 Å². The van der Waals surface area contributed by atoms with E-state index in [0.717, 1.165) is 25.0 Å². The summed E-state index contributed by atoms with van der Waals surface area (Å²) < 4.78 is 5.92. The largest absolute Gasteiger partial charge is 0.507 e. The Morgan fingerprint density at radius 3 is 2.81 bits per heavy atom. The fourth-order valence-electron chi connectivity index (χ4n) is 4.85. The van der Waals surface area contributed by atoms with E-state index in [4.69, 9.17) is 9.72 Å². The third-order valence-electron chi connectivity index (χ3n) is 6.33. The highest BCUT2D eigenvalue weighted by Gasteiger charge is 2.33. The Balaban J connectivity index is 1.70. The maximum Gasteiger partial charge on any atom is 0.217 e. The number of ether oxygens (including phenoxy) is 1. The lowest BCUT2D eigenvalue weighted by molar-refractivity contribution is 0.228. The van der Waals surface area contributed by atoms with Crippen LogP contribution in [0.2, 0.25) is 0 Å². The van der Waals surface area contributed by atoms with Gasteiger partial charge in [-0.15, -0.1) is 0 Å². The lowest BCUT2D eigenvalue weighted by Gasteiger charge is -2.33. The fourth-order valence-corrected chi connectivity index (χ4v) is 4.85. The number of hydrogen-bond donors (Lipinski definition) is 2. The second-order valence-electron chi connectivity index (χ2n) is 8.54. The molecule has 0 bridgehead atoms. The molecule has 0 spiro atoms. The molecule has 5 rings (SSSR count). The van der Waals surface area contributed by atoms with Gasteiger partial charge in [0.25, 0.3) is 0 Å². The molecular weight excluding hydrogens is 400 g/mol. The van der Waals surface area contributed by atoms with E-state index in [-0.39, 0.29) is 17.6 Å². The molecule has 0 aromatic carbocycles.